The average Bonchev–Trinajstić information content (AvgIpc) is 2.40. The number of hydrogen-bond donors (Lipinski definition) is 2. The van der Waals surface area contributed by atoms with Gasteiger partial charge in [0.15, 0.2) is 0 Å². The Hall–Kier alpha value is -1.62. The molecule has 1 amide bonds. The Bertz CT molecular complexity index is 435. The van der Waals surface area contributed by atoms with E-state index < -0.39 is 0 Å². The fourth-order valence-corrected chi connectivity index (χ4v) is 2.51. The number of amides is 1. The van der Waals surface area contributed by atoms with E-state index in [1.54, 1.807) is 0 Å². The van der Waals surface area contributed by atoms with Crippen molar-refractivity contribution in [2.45, 2.75) is 26.3 Å². The standard InChI is InChI=1S/C14H22N4O/c1-2-16-13-7-3-6-12(17-13)10-18-8-4-5-11(9-18)14(15)19/h3,6-7,11H,2,4-5,8-10H2,1H3,(H2,15,19)(H,16,17). The highest BCUT2D eigenvalue weighted by atomic mass is 16.1. The molecule has 1 fully saturated rings. The number of rotatable bonds is 5. The quantitative estimate of drug-likeness (QED) is 0.836. The lowest BCUT2D eigenvalue weighted by Gasteiger charge is -2.30. The minimum absolute atomic E-state index is 0.00861. The lowest BCUT2D eigenvalue weighted by atomic mass is 9.97. The zero-order valence-corrected chi connectivity index (χ0v) is 11.4. The second-order valence-electron chi connectivity index (χ2n) is 5.02. The summed E-state index contributed by atoms with van der Waals surface area (Å²) in [5.74, 6) is 0.716. The van der Waals surface area contributed by atoms with Crippen LogP contribution in [0, 0.1) is 5.92 Å². The first-order valence-corrected chi connectivity index (χ1v) is 6.90. The molecule has 1 aliphatic rings. The Morgan fingerprint density at radius 3 is 3.16 bits per heavy atom. The maximum Gasteiger partial charge on any atom is 0.221 e. The van der Waals surface area contributed by atoms with Gasteiger partial charge in [-0.3, -0.25) is 9.69 Å². The molecule has 19 heavy (non-hydrogen) atoms. The van der Waals surface area contributed by atoms with Crippen LogP contribution < -0.4 is 11.1 Å². The molecule has 0 radical (unpaired) electrons. The van der Waals surface area contributed by atoms with Crippen molar-refractivity contribution in [1.29, 1.82) is 0 Å². The predicted octanol–water partition coefficient (Wildman–Crippen LogP) is 1.21. The van der Waals surface area contributed by atoms with Crippen LogP contribution in [0.3, 0.4) is 0 Å². The molecule has 5 heteroatoms. The number of piperidine rings is 1. The van der Waals surface area contributed by atoms with Gasteiger partial charge in [-0.2, -0.15) is 0 Å². The van der Waals surface area contributed by atoms with E-state index in [0.29, 0.717) is 0 Å². The summed E-state index contributed by atoms with van der Waals surface area (Å²) in [5.41, 5.74) is 6.43. The van der Waals surface area contributed by atoms with E-state index >= 15 is 0 Å². The van der Waals surface area contributed by atoms with Crippen molar-refractivity contribution >= 4 is 11.7 Å². The van der Waals surface area contributed by atoms with Gasteiger partial charge in [0.2, 0.25) is 5.91 Å². The summed E-state index contributed by atoms with van der Waals surface area (Å²) in [6.07, 6.45) is 1.94. The number of carbonyl (C=O) groups excluding carboxylic acids is 1. The first kappa shape index (κ1) is 13.8. The molecule has 0 spiro atoms. The van der Waals surface area contributed by atoms with E-state index in [1.807, 2.05) is 18.2 Å². The van der Waals surface area contributed by atoms with Gasteiger partial charge in [0.1, 0.15) is 5.82 Å². The molecule has 1 atom stereocenters. The number of pyridine rings is 1. The van der Waals surface area contributed by atoms with E-state index in [0.717, 1.165) is 50.5 Å². The molecule has 1 aromatic rings. The van der Waals surface area contributed by atoms with Gasteiger partial charge in [0.05, 0.1) is 11.6 Å². The molecule has 1 aromatic heterocycles. The second-order valence-corrected chi connectivity index (χ2v) is 5.02. The SMILES string of the molecule is CCNc1cccc(CN2CCCC(C(N)=O)C2)n1. The van der Waals surface area contributed by atoms with E-state index in [4.69, 9.17) is 5.73 Å². The number of nitrogens with two attached hydrogens (primary N) is 1. The fraction of sp³-hybridized carbons (Fsp3) is 0.571. The third kappa shape index (κ3) is 3.92. The third-order valence-corrected chi connectivity index (χ3v) is 3.46. The van der Waals surface area contributed by atoms with Crippen LogP contribution in [-0.2, 0) is 11.3 Å². The number of carbonyl (C=O) groups is 1. The Kier molecular flexibility index (Phi) is 4.74. The summed E-state index contributed by atoms with van der Waals surface area (Å²) in [7, 11) is 0. The summed E-state index contributed by atoms with van der Waals surface area (Å²) < 4.78 is 0. The van der Waals surface area contributed by atoms with E-state index in [9.17, 15) is 4.79 Å². The van der Waals surface area contributed by atoms with Crippen molar-refractivity contribution in [2.75, 3.05) is 25.0 Å². The van der Waals surface area contributed by atoms with Crippen molar-refractivity contribution < 1.29 is 4.79 Å². The molecule has 2 rings (SSSR count). The number of anilines is 1. The Labute approximate surface area is 114 Å². The highest BCUT2D eigenvalue weighted by Crippen LogP contribution is 2.18. The monoisotopic (exact) mass is 262 g/mol. The number of nitrogens with one attached hydrogen (secondary N) is 1. The van der Waals surface area contributed by atoms with Gasteiger partial charge < -0.3 is 11.1 Å². The molecular weight excluding hydrogens is 240 g/mol. The van der Waals surface area contributed by atoms with Gasteiger partial charge in [-0.25, -0.2) is 4.98 Å². The van der Waals surface area contributed by atoms with Gasteiger partial charge in [-0.15, -0.1) is 0 Å². The van der Waals surface area contributed by atoms with E-state index in [-0.39, 0.29) is 11.8 Å². The number of primary amides is 1. The highest BCUT2D eigenvalue weighted by Gasteiger charge is 2.23. The van der Waals surface area contributed by atoms with E-state index in [1.165, 1.54) is 0 Å². The lowest BCUT2D eigenvalue weighted by Crippen LogP contribution is -2.40. The van der Waals surface area contributed by atoms with Crippen molar-refractivity contribution in [1.82, 2.24) is 9.88 Å². The molecule has 0 aliphatic carbocycles. The van der Waals surface area contributed by atoms with Crippen LogP contribution in [0.25, 0.3) is 0 Å². The van der Waals surface area contributed by atoms with Crippen molar-refractivity contribution in [2.24, 2.45) is 11.7 Å². The molecule has 2 heterocycles. The minimum Gasteiger partial charge on any atom is -0.370 e. The number of hydrogen-bond acceptors (Lipinski definition) is 4. The average molecular weight is 262 g/mol. The Morgan fingerprint density at radius 2 is 2.42 bits per heavy atom. The maximum atomic E-state index is 11.3. The lowest BCUT2D eigenvalue weighted by molar-refractivity contribution is -0.123. The van der Waals surface area contributed by atoms with Crippen molar-refractivity contribution in [3.05, 3.63) is 23.9 Å². The van der Waals surface area contributed by atoms with Crippen LogP contribution in [-0.4, -0.2) is 35.4 Å². The molecule has 1 aliphatic heterocycles. The molecule has 1 unspecified atom stereocenters. The van der Waals surface area contributed by atoms with Crippen LogP contribution in [0.5, 0.6) is 0 Å². The van der Waals surface area contributed by atoms with Crippen LogP contribution in [0.4, 0.5) is 5.82 Å². The van der Waals surface area contributed by atoms with Crippen molar-refractivity contribution in [3.8, 4) is 0 Å². The van der Waals surface area contributed by atoms with Crippen LogP contribution in [0.2, 0.25) is 0 Å². The van der Waals surface area contributed by atoms with Gasteiger partial charge >= 0.3 is 0 Å². The molecule has 0 aromatic carbocycles. The molecule has 3 N–H and O–H groups in total. The molecule has 0 bridgehead atoms. The molecule has 104 valence electrons. The topological polar surface area (TPSA) is 71.2 Å². The summed E-state index contributed by atoms with van der Waals surface area (Å²) >= 11 is 0. The third-order valence-electron chi connectivity index (χ3n) is 3.46. The minimum atomic E-state index is -0.181. The molecule has 1 saturated heterocycles. The zero-order chi connectivity index (χ0) is 13.7. The van der Waals surface area contributed by atoms with Crippen LogP contribution in [0.15, 0.2) is 18.2 Å². The smallest absolute Gasteiger partial charge is 0.221 e. The normalized spacial score (nSPS) is 20.2. The van der Waals surface area contributed by atoms with Crippen LogP contribution in [0.1, 0.15) is 25.5 Å². The molecule has 5 nitrogen and oxygen atoms in total. The highest BCUT2D eigenvalue weighted by molar-refractivity contribution is 5.76. The second kappa shape index (κ2) is 6.52. The number of likely N-dealkylation sites (tertiary alicyclic amines) is 1. The van der Waals surface area contributed by atoms with Gasteiger partial charge in [-0.1, -0.05) is 6.07 Å². The summed E-state index contributed by atoms with van der Waals surface area (Å²) in [5, 5.41) is 3.21. The summed E-state index contributed by atoms with van der Waals surface area (Å²) in [4.78, 5) is 18.1. The van der Waals surface area contributed by atoms with Crippen LogP contribution >= 0.6 is 0 Å². The van der Waals surface area contributed by atoms with E-state index in [2.05, 4.69) is 22.1 Å². The Balaban J connectivity index is 1.96. The predicted molar refractivity (Wildman–Crippen MR) is 75.6 cm³/mol. The molecule has 0 saturated carbocycles. The largest absolute Gasteiger partial charge is 0.370 e. The van der Waals surface area contributed by atoms with Crippen molar-refractivity contribution in [3.63, 3.8) is 0 Å². The summed E-state index contributed by atoms with van der Waals surface area (Å²) in [6.45, 7) is 5.46. The number of nitrogens with zero attached hydrogens (tertiary/aromatic N) is 2. The van der Waals surface area contributed by atoms with Gasteiger partial charge in [0.25, 0.3) is 0 Å². The fourth-order valence-electron chi connectivity index (χ4n) is 2.51. The molecular formula is C14H22N4O. The number of aromatic nitrogens is 1. The maximum absolute atomic E-state index is 11.3. The first-order chi connectivity index (χ1) is 9.19. The summed E-state index contributed by atoms with van der Waals surface area (Å²) in [6, 6.07) is 6.00. The Morgan fingerprint density at radius 1 is 1.58 bits per heavy atom. The first-order valence-electron chi connectivity index (χ1n) is 6.90. The zero-order valence-electron chi connectivity index (χ0n) is 11.4. The van der Waals surface area contributed by atoms with Gasteiger partial charge in [-0.05, 0) is 38.4 Å². The van der Waals surface area contributed by atoms with Gasteiger partial charge in [0, 0.05) is 19.6 Å².